The number of amides is 2. The van der Waals surface area contributed by atoms with Gasteiger partial charge >= 0.3 is 0 Å². The number of nitrogens with one attached hydrogen (secondary N) is 2. The van der Waals surface area contributed by atoms with Gasteiger partial charge in [-0.15, -0.1) is 0 Å². The Morgan fingerprint density at radius 3 is 2.55 bits per heavy atom. The lowest BCUT2D eigenvalue weighted by Crippen LogP contribution is -2.42. The number of carbonyl (C=O) groups excluding carboxylic acids is 2. The van der Waals surface area contributed by atoms with E-state index in [1.807, 2.05) is 6.07 Å². The molecule has 0 spiro atoms. The van der Waals surface area contributed by atoms with Crippen molar-refractivity contribution in [3.8, 4) is 11.8 Å². The first-order chi connectivity index (χ1) is 14.9. The Bertz CT molecular complexity index is 968. The molecule has 0 unspecified atom stereocenters. The molecule has 1 aliphatic rings. The van der Waals surface area contributed by atoms with E-state index >= 15 is 0 Å². The molecule has 0 atom stereocenters. The average Bonchev–Trinajstić information content (AvgIpc) is 2.79. The molecule has 2 amide bonds. The minimum atomic E-state index is -0.217. The lowest BCUT2D eigenvalue weighted by molar-refractivity contribution is -0.126. The van der Waals surface area contributed by atoms with Crippen molar-refractivity contribution in [2.24, 2.45) is 5.92 Å². The van der Waals surface area contributed by atoms with Crippen LogP contribution in [0.5, 0.6) is 5.75 Å². The van der Waals surface area contributed by atoms with Crippen LogP contribution in [0.3, 0.4) is 0 Å². The number of rotatable bonds is 7. The summed E-state index contributed by atoms with van der Waals surface area (Å²) < 4.78 is 5.45. The summed E-state index contributed by atoms with van der Waals surface area (Å²) in [6.45, 7) is 0.212. The summed E-state index contributed by atoms with van der Waals surface area (Å²) in [4.78, 5) is 28.7. The van der Waals surface area contributed by atoms with Crippen LogP contribution < -0.4 is 15.4 Å². The molecular formula is C22H22Cl2N4O3. The van der Waals surface area contributed by atoms with Crippen molar-refractivity contribution in [1.82, 2.24) is 15.6 Å². The fraction of sp³-hybridized carbons (Fsp3) is 0.364. The molecule has 3 rings (SSSR count). The van der Waals surface area contributed by atoms with Crippen LogP contribution in [0, 0.1) is 17.2 Å². The normalized spacial score (nSPS) is 18.0. The summed E-state index contributed by atoms with van der Waals surface area (Å²) in [5.41, 5.74) is 1.19. The lowest BCUT2D eigenvalue weighted by atomic mass is 9.85. The monoisotopic (exact) mass is 460 g/mol. The number of carbonyl (C=O) groups is 2. The molecule has 9 heteroatoms. The van der Waals surface area contributed by atoms with Gasteiger partial charge in [-0.1, -0.05) is 23.2 Å². The Hall–Kier alpha value is -2.82. The van der Waals surface area contributed by atoms with Gasteiger partial charge in [-0.05, 0) is 49.9 Å². The topological polar surface area (TPSA) is 104 Å². The van der Waals surface area contributed by atoms with Crippen molar-refractivity contribution >= 4 is 35.0 Å². The van der Waals surface area contributed by atoms with Gasteiger partial charge in [0, 0.05) is 24.2 Å². The van der Waals surface area contributed by atoms with Crippen LogP contribution in [0.15, 0.2) is 36.5 Å². The van der Waals surface area contributed by atoms with E-state index in [4.69, 9.17) is 33.2 Å². The fourth-order valence-electron chi connectivity index (χ4n) is 3.40. The van der Waals surface area contributed by atoms with Gasteiger partial charge in [0.1, 0.15) is 11.8 Å². The number of nitriles is 1. The first-order valence-electron chi connectivity index (χ1n) is 9.94. The fourth-order valence-corrected chi connectivity index (χ4v) is 3.69. The molecule has 0 saturated heterocycles. The number of aromatic nitrogens is 1. The molecular weight excluding hydrogens is 439 g/mol. The van der Waals surface area contributed by atoms with Gasteiger partial charge < -0.3 is 15.4 Å². The van der Waals surface area contributed by atoms with Gasteiger partial charge in [0.15, 0.2) is 6.61 Å². The molecule has 0 radical (unpaired) electrons. The van der Waals surface area contributed by atoms with E-state index in [9.17, 15) is 9.59 Å². The molecule has 31 heavy (non-hydrogen) atoms. The summed E-state index contributed by atoms with van der Waals surface area (Å²) >= 11 is 11.8. The molecule has 1 aromatic carbocycles. The minimum absolute atomic E-state index is 0.0149. The standard InChI is InChI=1S/C22H22Cl2N4O3/c23-19-8-7-18(9-20(19)24)31-13-21(29)28-16-5-2-15(3-6-16)22(30)27-12-17-4-1-14(10-25)11-26-17/h1,4,7-9,11,15-16H,2-3,5-6,12-13H2,(H,27,30)(H,28,29). The zero-order valence-electron chi connectivity index (χ0n) is 16.7. The van der Waals surface area contributed by atoms with Crippen molar-refractivity contribution < 1.29 is 14.3 Å². The number of pyridine rings is 1. The average molecular weight is 461 g/mol. The number of hydrogen-bond acceptors (Lipinski definition) is 5. The lowest BCUT2D eigenvalue weighted by Gasteiger charge is -2.28. The molecule has 1 aliphatic carbocycles. The second-order valence-corrected chi connectivity index (χ2v) is 8.16. The van der Waals surface area contributed by atoms with Crippen LogP contribution in [-0.2, 0) is 16.1 Å². The molecule has 1 heterocycles. The first kappa shape index (κ1) is 22.9. The second-order valence-electron chi connectivity index (χ2n) is 7.35. The van der Waals surface area contributed by atoms with Crippen LogP contribution >= 0.6 is 23.2 Å². The third-order valence-corrected chi connectivity index (χ3v) is 5.86. The van der Waals surface area contributed by atoms with Crippen LogP contribution in [0.2, 0.25) is 10.0 Å². The summed E-state index contributed by atoms with van der Waals surface area (Å²) in [5.74, 6) is 0.158. The van der Waals surface area contributed by atoms with Crippen molar-refractivity contribution in [2.45, 2.75) is 38.3 Å². The van der Waals surface area contributed by atoms with E-state index in [1.165, 1.54) is 6.20 Å². The Kier molecular flexibility index (Phi) is 8.10. The van der Waals surface area contributed by atoms with Crippen LogP contribution in [0.25, 0.3) is 0 Å². The molecule has 2 N–H and O–H groups in total. The predicted octanol–water partition coefficient (Wildman–Crippen LogP) is 3.63. The highest BCUT2D eigenvalue weighted by Crippen LogP contribution is 2.27. The summed E-state index contributed by atoms with van der Waals surface area (Å²) in [5, 5.41) is 15.4. The molecule has 0 aliphatic heterocycles. The second kappa shape index (κ2) is 11.0. The summed E-state index contributed by atoms with van der Waals surface area (Å²) in [7, 11) is 0. The Morgan fingerprint density at radius 1 is 1.13 bits per heavy atom. The summed E-state index contributed by atoms with van der Waals surface area (Å²) in [6, 6.07) is 10.3. The quantitative estimate of drug-likeness (QED) is 0.656. The van der Waals surface area contributed by atoms with Gasteiger partial charge in [0.2, 0.25) is 5.91 Å². The van der Waals surface area contributed by atoms with Crippen molar-refractivity contribution in [3.63, 3.8) is 0 Å². The van der Waals surface area contributed by atoms with Crippen LogP contribution in [0.1, 0.15) is 36.9 Å². The highest BCUT2D eigenvalue weighted by Gasteiger charge is 2.27. The van der Waals surface area contributed by atoms with Crippen molar-refractivity contribution in [2.75, 3.05) is 6.61 Å². The molecule has 2 aromatic rings. The van der Waals surface area contributed by atoms with Gasteiger partial charge in [-0.3, -0.25) is 14.6 Å². The van der Waals surface area contributed by atoms with Gasteiger partial charge in [-0.2, -0.15) is 5.26 Å². The van der Waals surface area contributed by atoms with Gasteiger partial charge in [-0.25, -0.2) is 0 Å². The third kappa shape index (κ3) is 6.84. The van der Waals surface area contributed by atoms with Crippen LogP contribution in [0.4, 0.5) is 0 Å². The van der Waals surface area contributed by atoms with Gasteiger partial charge in [0.05, 0.1) is 27.8 Å². The highest BCUT2D eigenvalue weighted by atomic mass is 35.5. The largest absolute Gasteiger partial charge is 0.484 e. The van der Waals surface area contributed by atoms with Gasteiger partial charge in [0.25, 0.3) is 5.91 Å². The zero-order valence-corrected chi connectivity index (χ0v) is 18.2. The molecule has 162 valence electrons. The smallest absolute Gasteiger partial charge is 0.258 e. The predicted molar refractivity (Wildman–Crippen MR) is 117 cm³/mol. The van der Waals surface area contributed by atoms with E-state index in [-0.39, 0.29) is 30.4 Å². The molecule has 7 nitrogen and oxygen atoms in total. The third-order valence-electron chi connectivity index (χ3n) is 5.12. The number of halogens is 2. The highest BCUT2D eigenvalue weighted by molar-refractivity contribution is 6.42. The number of hydrogen-bond donors (Lipinski definition) is 2. The van der Waals surface area contributed by atoms with E-state index in [0.717, 1.165) is 12.8 Å². The summed E-state index contributed by atoms with van der Waals surface area (Å²) in [6.07, 6.45) is 4.34. The van der Waals surface area contributed by atoms with E-state index < -0.39 is 0 Å². The Morgan fingerprint density at radius 2 is 1.90 bits per heavy atom. The van der Waals surface area contributed by atoms with E-state index in [1.54, 1.807) is 30.3 Å². The van der Waals surface area contributed by atoms with Crippen molar-refractivity contribution in [3.05, 3.63) is 57.8 Å². The van der Waals surface area contributed by atoms with Crippen LogP contribution in [-0.4, -0.2) is 29.4 Å². The Balaban J connectivity index is 1.36. The minimum Gasteiger partial charge on any atom is -0.484 e. The maximum atomic E-state index is 12.4. The molecule has 1 saturated carbocycles. The number of nitrogens with zero attached hydrogens (tertiary/aromatic N) is 2. The van der Waals surface area contributed by atoms with E-state index in [0.29, 0.717) is 46.4 Å². The maximum Gasteiger partial charge on any atom is 0.258 e. The number of benzene rings is 1. The zero-order chi connectivity index (χ0) is 22.2. The maximum absolute atomic E-state index is 12.4. The molecule has 1 aromatic heterocycles. The first-order valence-corrected chi connectivity index (χ1v) is 10.7. The number of ether oxygens (including phenoxy) is 1. The molecule has 0 bridgehead atoms. The molecule has 1 fully saturated rings. The Labute approximate surface area is 190 Å². The van der Waals surface area contributed by atoms with E-state index in [2.05, 4.69) is 15.6 Å². The van der Waals surface area contributed by atoms with Crippen molar-refractivity contribution in [1.29, 1.82) is 5.26 Å². The SMILES string of the molecule is N#Cc1ccc(CNC(=O)C2CCC(NC(=O)COc3ccc(Cl)c(Cl)c3)CC2)nc1.